The highest BCUT2D eigenvalue weighted by molar-refractivity contribution is 6.03. The van der Waals surface area contributed by atoms with Gasteiger partial charge in [-0.05, 0) is 18.9 Å². The number of rotatable bonds is 3. The molecule has 2 aromatic heterocycles. The second-order valence-corrected chi connectivity index (χ2v) is 6.67. The molecule has 2 heterocycles. The summed E-state index contributed by atoms with van der Waals surface area (Å²) in [5.74, 6) is 0.359. The number of hydrogen-bond donors (Lipinski definition) is 3. The molecule has 0 radical (unpaired) electrons. The van der Waals surface area contributed by atoms with E-state index in [2.05, 4.69) is 36.3 Å². The molecule has 21 heavy (non-hydrogen) atoms. The van der Waals surface area contributed by atoms with Crippen LogP contribution in [0.15, 0.2) is 18.3 Å². The average molecular weight is 287 g/mol. The van der Waals surface area contributed by atoms with Gasteiger partial charge in [0.25, 0.3) is 5.91 Å². The van der Waals surface area contributed by atoms with Gasteiger partial charge in [-0.1, -0.05) is 20.8 Å². The van der Waals surface area contributed by atoms with Crippen LogP contribution < -0.4 is 11.1 Å². The van der Waals surface area contributed by atoms with Gasteiger partial charge in [-0.25, -0.2) is 0 Å². The highest BCUT2D eigenvalue weighted by Gasteiger charge is 2.28. The van der Waals surface area contributed by atoms with E-state index in [0.29, 0.717) is 23.2 Å². The fourth-order valence-electron chi connectivity index (χ4n) is 2.29. The standard InChI is InChI=1S/C15H21N5O/c1-15(2,3)12-7-13(19-18-12)17-14(21)11-6-9(16)8-20(11)10-4-5-10/h6-8,10H,4-5,16H2,1-3H3,(H2,17,18,19,21). The van der Waals surface area contributed by atoms with Gasteiger partial charge in [-0.3, -0.25) is 9.89 Å². The molecule has 3 rings (SSSR count). The molecule has 2 aromatic rings. The molecule has 0 aliphatic heterocycles. The average Bonchev–Trinajstić information content (AvgIpc) is 2.98. The van der Waals surface area contributed by atoms with E-state index in [0.717, 1.165) is 18.5 Å². The maximum atomic E-state index is 12.4. The van der Waals surface area contributed by atoms with Crippen molar-refractivity contribution in [3.63, 3.8) is 0 Å². The predicted molar refractivity (Wildman–Crippen MR) is 82.4 cm³/mol. The second kappa shape index (κ2) is 4.65. The summed E-state index contributed by atoms with van der Waals surface area (Å²) < 4.78 is 1.96. The predicted octanol–water partition coefficient (Wildman–Crippen LogP) is 2.68. The topological polar surface area (TPSA) is 88.7 Å². The Morgan fingerprint density at radius 3 is 2.71 bits per heavy atom. The first kappa shape index (κ1) is 13.7. The lowest BCUT2D eigenvalue weighted by atomic mass is 9.92. The first-order valence-corrected chi connectivity index (χ1v) is 7.19. The molecule has 0 spiro atoms. The highest BCUT2D eigenvalue weighted by Crippen LogP contribution is 2.37. The molecule has 0 unspecified atom stereocenters. The number of nitrogens with one attached hydrogen (secondary N) is 2. The van der Waals surface area contributed by atoms with Crippen LogP contribution in [0.4, 0.5) is 11.5 Å². The Morgan fingerprint density at radius 1 is 1.43 bits per heavy atom. The third-order valence-electron chi connectivity index (χ3n) is 3.67. The van der Waals surface area contributed by atoms with Crippen LogP contribution in [0.25, 0.3) is 0 Å². The third kappa shape index (κ3) is 2.79. The van der Waals surface area contributed by atoms with E-state index in [9.17, 15) is 4.79 Å². The third-order valence-corrected chi connectivity index (χ3v) is 3.67. The minimum absolute atomic E-state index is 0.0331. The van der Waals surface area contributed by atoms with Gasteiger partial charge in [0.15, 0.2) is 5.82 Å². The second-order valence-electron chi connectivity index (χ2n) is 6.67. The molecule has 1 amide bonds. The summed E-state index contributed by atoms with van der Waals surface area (Å²) in [5.41, 5.74) is 7.97. The lowest BCUT2D eigenvalue weighted by molar-refractivity contribution is 0.101. The fraction of sp³-hybridized carbons (Fsp3) is 0.467. The van der Waals surface area contributed by atoms with Gasteiger partial charge < -0.3 is 15.6 Å². The number of hydrogen-bond acceptors (Lipinski definition) is 3. The number of aromatic amines is 1. The first-order chi connectivity index (χ1) is 9.84. The molecule has 1 aliphatic carbocycles. The lowest BCUT2D eigenvalue weighted by Gasteiger charge is -2.14. The van der Waals surface area contributed by atoms with Crippen molar-refractivity contribution < 1.29 is 4.79 Å². The van der Waals surface area contributed by atoms with Gasteiger partial charge >= 0.3 is 0 Å². The molecule has 4 N–H and O–H groups in total. The molecular formula is C15H21N5O. The number of carbonyl (C=O) groups excluding carboxylic acids is 1. The largest absolute Gasteiger partial charge is 0.397 e. The summed E-state index contributed by atoms with van der Waals surface area (Å²) in [6.07, 6.45) is 4.04. The van der Waals surface area contributed by atoms with E-state index in [4.69, 9.17) is 5.73 Å². The zero-order chi connectivity index (χ0) is 15.2. The van der Waals surface area contributed by atoms with E-state index in [1.54, 1.807) is 6.07 Å². The van der Waals surface area contributed by atoms with Crippen molar-refractivity contribution in [1.29, 1.82) is 0 Å². The number of nitrogen functional groups attached to an aromatic ring is 1. The molecule has 0 aromatic carbocycles. The van der Waals surface area contributed by atoms with Gasteiger partial charge in [0.1, 0.15) is 5.69 Å². The molecule has 112 valence electrons. The van der Waals surface area contributed by atoms with Gasteiger partial charge in [0, 0.05) is 29.4 Å². The Morgan fingerprint density at radius 2 is 2.14 bits per heavy atom. The van der Waals surface area contributed by atoms with Gasteiger partial charge in [0.05, 0.1) is 5.69 Å². The van der Waals surface area contributed by atoms with Crippen molar-refractivity contribution in [2.45, 2.75) is 45.1 Å². The van der Waals surface area contributed by atoms with Crippen LogP contribution in [0.3, 0.4) is 0 Å². The van der Waals surface area contributed by atoms with Gasteiger partial charge in [-0.2, -0.15) is 5.10 Å². The maximum absolute atomic E-state index is 12.4. The minimum Gasteiger partial charge on any atom is -0.397 e. The molecule has 1 aliphatic rings. The van der Waals surface area contributed by atoms with Crippen molar-refractivity contribution in [2.75, 3.05) is 11.1 Å². The summed E-state index contributed by atoms with van der Waals surface area (Å²) in [5, 5.41) is 9.94. The van der Waals surface area contributed by atoms with Crippen LogP contribution in [0.5, 0.6) is 0 Å². The molecule has 1 saturated carbocycles. The van der Waals surface area contributed by atoms with E-state index in [1.807, 2.05) is 16.8 Å². The summed E-state index contributed by atoms with van der Waals surface area (Å²) >= 11 is 0. The Bertz CT molecular complexity index is 673. The summed E-state index contributed by atoms with van der Waals surface area (Å²) in [4.78, 5) is 12.4. The number of carbonyl (C=O) groups is 1. The molecule has 6 heteroatoms. The van der Waals surface area contributed by atoms with Crippen LogP contribution in [-0.2, 0) is 5.41 Å². The smallest absolute Gasteiger partial charge is 0.273 e. The monoisotopic (exact) mass is 287 g/mol. The van der Waals surface area contributed by atoms with Gasteiger partial charge in [0.2, 0.25) is 0 Å². The number of nitrogens with zero attached hydrogens (tertiary/aromatic N) is 2. The van der Waals surface area contributed by atoms with Crippen LogP contribution in [0.1, 0.15) is 55.8 Å². The first-order valence-electron chi connectivity index (χ1n) is 7.19. The Hall–Kier alpha value is -2.24. The number of anilines is 2. The van der Waals surface area contributed by atoms with Gasteiger partial charge in [-0.15, -0.1) is 0 Å². The Kier molecular flexibility index (Phi) is 3.04. The molecule has 1 fully saturated rings. The molecule has 0 saturated heterocycles. The number of nitrogens with two attached hydrogens (primary N) is 1. The SMILES string of the molecule is CC(C)(C)c1cc(NC(=O)c2cc(N)cn2C2CC2)n[nH]1. The van der Waals surface area contributed by atoms with Crippen molar-refractivity contribution in [3.8, 4) is 0 Å². The van der Waals surface area contributed by atoms with E-state index in [1.165, 1.54) is 0 Å². The molecular weight excluding hydrogens is 266 g/mol. The summed E-state index contributed by atoms with van der Waals surface area (Å²) in [6.45, 7) is 6.27. The van der Waals surface area contributed by atoms with Crippen molar-refractivity contribution in [1.82, 2.24) is 14.8 Å². The summed E-state index contributed by atoms with van der Waals surface area (Å²) in [6, 6.07) is 3.99. The minimum atomic E-state index is -0.175. The Balaban J connectivity index is 1.79. The fourth-order valence-corrected chi connectivity index (χ4v) is 2.29. The van der Waals surface area contributed by atoms with Crippen LogP contribution in [0.2, 0.25) is 0 Å². The Labute approximate surface area is 123 Å². The van der Waals surface area contributed by atoms with E-state index >= 15 is 0 Å². The quantitative estimate of drug-likeness (QED) is 0.810. The van der Waals surface area contributed by atoms with Crippen LogP contribution in [-0.4, -0.2) is 20.7 Å². The molecule has 0 atom stereocenters. The number of aromatic nitrogens is 3. The number of amides is 1. The van der Waals surface area contributed by atoms with E-state index in [-0.39, 0.29) is 11.3 Å². The molecule has 6 nitrogen and oxygen atoms in total. The van der Waals surface area contributed by atoms with Crippen molar-refractivity contribution in [3.05, 3.63) is 29.7 Å². The highest BCUT2D eigenvalue weighted by atomic mass is 16.2. The summed E-state index contributed by atoms with van der Waals surface area (Å²) in [7, 11) is 0. The maximum Gasteiger partial charge on any atom is 0.273 e. The van der Waals surface area contributed by atoms with Crippen LogP contribution in [0, 0.1) is 0 Å². The zero-order valence-corrected chi connectivity index (χ0v) is 12.6. The lowest BCUT2D eigenvalue weighted by Crippen LogP contribution is -2.16. The van der Waals surface area contributed by atoms with Crippen LogP contribution >= 0.6 is 0 Å². The number of H-pyrrole nitrogens is 1. The van der Waals surface area contributed by atoms with E-state index < -0.39 is 0 Å². The normalized spacial score (nSPS) is 15.2. The van der Waals surface area contributed by atoms with Crippen molar-refractivity contribution >= 4 is 17.4 Å². The van der Waals surface area contributed by atoms with Crippen molar-refractivity contribution in [2.24, 2.45) is 0 Å². The molecule has 0 bridgehead atoms. The zero-order valence-electron chi connectivity index (χ0n) is 12.6.